The number of nitrogens with zero attached hydrogens (tertiary/aromatic N) is 1. The Morgan fingerprint density at radius 3 is 2.58 bits per heavy atom. The lowest BCUT2D eigenvalue weighted by Gasteiger charge is -2.29. The first-order valence-corrected chi connectivity index (χ1v) is 10.7. The third kappa shape index (κ3) is 4.12. The fourth-order valence-electron chi connectivity index (χ4n) is 3.36. The summed E-state index contributed by atoms with van der Waals surface area (Å²) in [6.07, 6.45) is 3.71. The number of rotatable bonds is 6. The quantitative estimate of drug-likeness (QED) is 0.802. The van der Waals surface area contributed by atoms with Gasteiger partial charge in [-0.3, -0.25) is 4.79 Å². The zero-order valence-corrected chi connectivity index (χ0v) is 16.3. The van der Waals surface area contributed by atoms with Crippen LogP contribution in [0.3, 0.4) is 0 Å². The van der Waals surface area contributed by atoms with Crippen molar-refractivity contribution >= 4 is 26.7 Å². The second-order valence-corrected chi connectivity index (χ2v) is 9.68. The van der Waals surface area contributed by atoms with Gasteiger partial charge in [-0.15, -0.1) is 0 Å². The van der Waals surface area contributed by atoms with Crippen LogP contribution in [0.15, 0.2) is 27.5 Å². The van der Waals surface area contributed by atoms with Gasteiger partial charge in [0.25, 0.3) is 5.56 Å². The second-order valence-electron chi connectivity index (χ2n) is 7.42. The number of benzene rings is 1. The summed E-state index contributed by atoms with van der Waals surface area (Å²) in [5, 5.41) is 3.59. The summed E-state index contributed by atoms with van der Waals surface area (Å²) in [5.41, 5.74) is 1.37. The van der Waals surface area contributed by atoms with E-state index in [2.05, 4.69) is 10.0 Å². The topological polar surface area (TPSA) is 93.3 Å². The maximum atomic E-state index is 12.0. The van der Waals surface area contributed by atoms with E-state index >= 15 is 0 Å². The normalized spacial score (nSPS) is 21.4. The molecule has 1 aliphatic rings. The summed E-state index contributed by atoms with van der Waals surface area (Å²) in [6.45, 7) is 4.22. The molecule has 0 unspecified atom stereocenters. The molecular formula is C18H27N3O4S. The van der Waals surface area contributed by atoms with Gasteiger partial charge >= 0.3 is 0 Å². The predicted octanol–water partition coefficient (Wildman–Crippen LogP) is 2.43. The lowest BCUT2D eigenvalue weighted by Crippen LogP contribution is -2.41. The standard InChI is InChI=1S/C18H27N3O4S/c1-12(2)26(23,24)20-14-6-4-13(5-7-14)11-19-15-8-9-16-17(10-15)25-21(3)18(16)22/h8-10,12-14,19-20H,4-7,11H2,1-3H3. The highest BCUT2D eigenvalue weighted by Crippen LogP contribution is 2.26. The van der Waals surface area contributed by atoms with Gasteiger partial charge in [0.15, 0.2) is 5.58 Å². The predicted molar refractivity (Wildman–Crippen MR) is 103 cm³/mol. The minimum Gasteiger partial charge on any atom is -0.385 e. The van der Waals surface area contributed by atoms with Crippen LogP contribution in [0.4, 0.5) is 5.69 Å². The Labute approximate surface area is 153 Å². The van der Waals surface area contributed by atoms with Gasteiger partial charge in [-0.2, -0.15) is 4.74 Å². The first-order valence-electron chi connectivity index (χ1n) is 9.11. The van der Waals surface area contributed by atoms with E-state index in [4.69, 9.17) is 4.52 Å². The highest BCUT2D eigenvalue weighted by atomic mass is 32.2. The molecule has 26 heavy (non-hydrogen) atoms. The molecule has 0 radical (unpaired) electrons. The lowest BCUT2D eigenvalue weighted by molar-refractivity contribution is 0.323. The van der Waals surface area contributed by atoms with E-state index in [1.54, 1.807) is 27.0 Å². The summed E-state index contributed by atoms with van der Waals surface area (Å²) in [6, 6.07) is 5.57. The van der Waals surface area contributed by atoms with Gasteiger partial charge in [-0.1, -0.05) is 0 Å². The Balaban J connectivity index is 1.52. The first-order chi connectivity index (χ1) is 12.3. The van der Waals surface area contributed by atoms with Crippen LogP contribution in [0.1, 0.15) is 39.5 Å². The highest BCUT2D eigenvalue weighted by molar-refractivity contribution is 7.90. The Hall–Kier alpha value is -1.80. The van der Waals surface area contributed by atoms with Crippen molar-refractivity contribution in [1.29, 1.82) is 0 Å². The molecule has 1 fully saturated rings. The molecule has 0 amide bonds. The second kappa shape index (κ2) is 7.44. The number of anilines is 1. The minimum absolute atomic E-state index is 0.0496. The number of hydrogen-bond acceptors (Lipinski definition) is 5. The largest absolute Gasteiger partial charge is 0.385 e. The van der Waals surface area contributed by atoms with Crippen LogP contribution in [0.2, 0.25) is 0 Å². The molecule has 144 valence electrons. The summed E-state index contributed by atoms with van der Waals surface area (Å²) < 4.78 is 33.4. The molecule has 1 aliphatic carbocycles. The average Bonchev–Trinajstić information content (AvgIpc) is 2.88. The van der Waals surface area contributed by atoms with Crippen LogP contribution in [-0.2, 0) is 17.1 Å². The fourth-order valence-corrected chi connectivity index (χ4v) is 4.33. The Morgan fingerprint density at radius 2 is 1.92 bits per heavy atom. The summed E-state index contributed by atoms with van der Waals surface area (Å²) in [4.78, 5) is 11.8. The molecule has 0 bridgehead atoms. The maximum Gasteiger partial charge on any atom is 0.290 e. The number of nitrogens with one attached hydrogen (secondary N) is 2. The van der Waals surface area contributed by atoms with Crippen molar-refractivity contribution in [1.82, 2.24) is 9.46 Å². The molecule has 0 atom stereocenters. The van der Waals surface area contributed by atoms with Crippen molar-refractivity contribution in [2.75, 3.05) is 11.9 Å². The van der Waals surface area contributed by atoms with E-state index in [1.165, 1.54) is 4.74 Å². The average molecular weight is 381 g/mol. The van der Waals surface area contributed by atoms with E-state index in [9.17, 15) is 13.2 Å². The van der Waals surface area contributed by atoms with Crippen molar-refractivity contribution in [2.45, 2.75) is 50.8 Å². The number of fused-ring (bicyclic) bond motifs is 1. The Morgan fingerprint density at radius 1 is 1.23 bits per heavy atom. The summed E-state index contributed by atoms with van der Waals surface area (Å²) in [7, 11) is -1.60. The van der Waals surface area contributed by atoms with Crippen LogP contribution in [0.5, 0.6) is 0 Å². The molecule has 1 heterocycles. The van der Waals surface area contributed by atoms with E-state index in [0.29, 0.717) is 16.9 Å². The molecule has 2 N–H and O–H groups in total. The van der Waals surface area contributed by atoms with Crippen molar-refractivity contribution in [3.8, 4) is 0 Å². The summed E-state index contributed by atoms with van der Waals surface area (Å²) in [5.74, 6) is 0.508. The van der Waals surface area contributed by atoms with Crippen LogP contribution in [0.25, 0.3) is 11.0 Å². The van der Waals surface area contributed by atoms with Gasteiger partial charge in [0.2, 0.25) is 10.0 Å². The molecule has 1 aromatic carbocycles. The van der Waals surface area contributed by atoms with Crippen LogP contribution >= 0.6 is 0 Å². The van der Waals surface area contributed by atoms with Gasteiger partial charge in [0.1, 0.15) is 0 Å². The van der Waals surface area contributed by atoms with Crippen LogP contribution in [-0.4, -0.2) is 31.0 Å². The number of sulfonamides is 1. The monoisotopic (exact) mass is 381 g/mol. The zero-order chi connectivity index (χ0) is 18.9. The van der Waals surface area contributed by atoms with E-state index in [-0.39, 0.29) is 11.6 Å². The number of aromatic nitrogens is 1. The molecule has 2 aromatic rings. The number of aryl methyl sites for hydroxylation is 1. The van der Waals surface area contributed by atoms with Crippen molar-refractivity contribution < 1.29 is 12.9 Å². The SMILES string of the molecule is CC(C)S(=O)(=O)NC1CCC(CNc2ccc3c(=O)n(C)oc3c2)CC1. The van der Waals surface area contributed by atoms with E-state index in [1.807, 2.05) is 12.1 Å². The van der Waals surface area contributed by atoms with Crippen molar-refractivity contribution in [2.24, 2.45) is 13.0 Å². The maximum absolute atomic E-state index is 12.0. The first kappa shape index (κ1) is 19.0. The highest BCUT2D eigenvalue weighted by Gasteiger charge is 2.26. The molecular weight excluding hydrogens is 354 g/mol. The lowest BCUT2D eigenvalue weighted by atomic mass is 9.86. The zero-order valence-electron chi connectivity index (χ0n) is 15.5. The van der Waals surface area contributed by atoms with Crippen molar-refractivity contribution in [3.05, 3.63) is 28.6 Å². The van der Waals surface area contributed by atoms with Gasteiger partial charge < -0.3 is 9.84 Å². The van der Waals surface area contributed by atoms with Gasteiger partial charge in [0, 0.05) is 31.4 Å². The molecule has 0 aliphatic heterocycles. The summed E-state index contributed by atoms with van der Waals surface area (Å²) >= 11 is 0. The van der Waals surface area contributed by atoms with E-state index in [0.717, 1.165) is 37.9 Å². The van der Waals surface area contributed by atoms with Crippen LogP contribution < -0.4 is 15.6 Å². The fraction of sp³-hybridized carbons (Fsp3) is 0.611. The van der Waals surface area contributed by atoms with Gasteiger partial charge in [-0.25, -0.2) is 13.1 Å². The smallest absolute Gasteiger partial charge is 0.290 e. The minimum atomic E-state index is -3.20. The molecule has 0 saturated heterocycles. The molecule has 8 heteroatoms. The van der Waals surface area contributed by atoms with Crippen LogP contribution in [0, 0.1) is 5.92 Å². The molecule has 0 spiro atoms. The third-order valence-electron chi connectivity index (χ3n) is 5.13. The molecule has 3 rings (SSSR count). The number of hydrogen-bond donors (Lipinski definition) is 2. The Bertz CT molecular complexity index is 922. The van der Waals surface area contributed by atoms with E-state index < -0.39 is 15.3 Å². The van der Waals surface area contributed by atoms with Crippen molar-refractivity contribution in [3.63, 3.8) is 0 Å². The molecule has 7 nitrogen and oxygen atoms in total. The van der Waals surface area contributed by atoms with Gasteiger partial charge in [-0.05, 0) is 57.6 Å². The molecule has 1 aromatic heterocycles. The van der Waals surface area contributed by atoms with Gasteiger partial charge in [0.05, 0.1) is 10.6 Å². The Kier molecular flexibility index (Phi) is 5.43. The molecule has 1 saturated carbocycles. The third-order valence-corrected chi connectivity index (χ3v) is 7.03.